The number of nitrogens with one attached hydrogen (secondary N) is 1. The molecule has 2 saturated heterocycles. The molecule has 0 aromatic rings. The van der Waals surface area contributed by atoms with Crippen molar-refractivity contribution >= 4 is 11.9 Å². The Labute approximate surface area is 175 Å². The summed E-state index contributed by atoms with van der Waals surface area (Å²) in [4.78, 5) is 23.0. The van der Waals surface area contributed by atoms with Crippen molar-refractivity contribution in [3.05, 3.63) is 0 Å². The molecular formula is C16H27NO14. The fourth-order valence-electron chi connectivity index (χ4n) is 3.40. The zero-order valence-electron chi connectivity index (χ0n) is 16.3. The molecule has 0 saturated carbocycles. The van der Waals surface area contributed by atoms with E-state index in [-0.39, 0.29) is 0 Å². The van der Waals surface area contributed by atoms with Crippen LogP contribution >= 0.6 is 0 Å². The first-order chi connectivity index (χ1) is 14.4. The van der Waals surface area contributed by atoms with Crippen molar-refractivity contribution in [2.24, 2.45) is 0 Å². The van der Waals surface area contributed by atoms with E-state index in [4.69, 9.17) is 19.3 Å². The monoisotopic (exact) mass is 457 g/mol. The van der Waals surface area contributed by atoms with Crippen molar-refractivity contribution in [2.75, 3.05) is 13.2 Å². The number of aliphatic hydroxyl groups excluding tert-OH is 8. The number of amides is 1. The summed E-state index contributed by atoms with van der Waals surface area (Å²) in [6.45, 7) is -0.833. The first kappa shape index (κ1) is 25.8. The average Bonchev–Trinajstić information content (AvgIpc) is 2.71. The number of carbonyl (C=O) groups is 2. The lowest BCUT2D eigenvalue weighted by molar-refractivity contribution is -0.368. The maximum atomic E-state index is 11.9. The quantitative estimate of drug-likeness (QED) is 0.171. The van der Waals surface area contributed by atoms with Gasteiger partial charge in [-0.05, 0) is 0 Å². The number of ether oxygens (including phenoxy) is 3. The van der Waals surface area contributed by atoms with E-state index in [1.807, 2.05) is 0 Å². The minimum absolute atomic E-state index is 0.641. The molecule has 180 valence electrons. The van der Waals surface area contributed by atoms with Crippen LogP contribution in [0.5, 0.6) is 0 Å². The maximum Gasteiger partial charge on any atom is 0.367 e. The van der Waals surface area contributed by atoms with E-state index in [1.54, 1.807) is 0 Å². The van der Waals surface area contributed by atoms with Crippen molar-refractivity contribution in [3.63, 3.8) is 0 Å². The fraction of sp³-hybridized carbons (Fsp3) is 0.875. The highest BCUT2D eigenvalue weighted by molar-refractivity contribution is 5.77. The number of hydrogen-bond acceptors (Lipinski definition) is 13. The van der Waals surface area contributed by atoms with Gasteiger partial charge in [0.25, 0.3) is 5.79 Å². The molecule has 0 aromatic heterocycles. The Morgan fingerprint density at radius 1 is 1.06 bits per heavy atom. The summed E-state index contributed by atoms with van der Waals surface area (Å²) >= 11 is 0. The molecule has 2 rings (SSSR count). The van der Waals surface area contributed by atoms with E-state index in [0.29, 0.717) is 0 Å². The van der Waals surface area contributed by atoms with Gasteiger partial charge in [-0.15, -0.1) is 0 Å². The SMILES string of the molecule is CC(=O)N[C@H]1C(O)O[C@H](CO[C@]2(C(=O)O)O[C@H]([C@H](O)CO)[C@H](O)[C@H](O)[C@@H]2O)[C@@H](O)[C@@H]1O. The number of aliphatic carboxylic acids is 1. The first-order valence-electron chi connectivity index (χ1n) is 9.22. The Morgan fingerprint density at radius 3 is 2.19 bits per heavy atom. The Kier molecular flexibility index (Phi) is 8.28. The predicted octanol–water partition coefficient (Wildman–Crippen LogP) is -6.44. The molecule has 0 bridgehead atoms. The Bertz CT molecular complexity index is 650. The predicted molar refractivity (Wildman–Crippen MR) is 92.8 cm³/mol. The number of carbonyl (C=O) groups excluding carboxylic acids is 1. The summed E-state index contributed by atoms with van der Waals surface area (Å²) in [7, 11) is 0. The molecule has 15 heteroatoms. The van der Waals surface area contributed by atoms with Crippen LogP contribution in [0.4, 0.5) is 0 Å². The van der Waals surface area contributed by atoms with Crippen molar-refractivity contribution in [2.45, 2.75) is 73.9 Å². The molecule has 2 aliphatic rings. The summed E-state index contributed by atoms with van der Waals surface area (Å²) in [5, 5.41) is 91.0. The molecule has 15 nitrogen and oxygen atoms in total. The van der Waals surface area contributed by atoms with Crippen LogP contribution in [0.15, 0.2) is 0 Å². The third-order valence-electron chi connectivity index (χ3n) is 5.13. The summed E-state index contributed by atoms with van der Waals surface area (Å²) < 4.78 is 15.2. The third kappa shape index (κ3) is 4.96. The van der Waals surface area contributed by atoms with Crippen LogP contribution in [-0.4, -0.2) is 138 Å². The summed E-state index contributed by atoms with van der Waals surface area (Å²) in [6, 6.07) is -1.41. The van der Waals surface area contributed by atoms with Gasteiger partial charge in [0.2, 0.25) is 5.91 Å². The van der Waals surface area contributed by atoms with Crippen LogP contribution in [0, 0.1) is 0 Å². The van der Waals surface area contributed by atoms with E-state index in [9.17, 15) is 50.4 Å². The average molecular weight is 457 g/mol. The van der Waals surface area contributed by atoms with Crippen molar-refractivity contribution in [3.8, 4) is 0 Å². The molecule has 2 aliphatic heterocycles. The second-order valence-electron chi connectivity index (χ2n) is 7.31. The summed E-state index contributed by atoms with van der Waals surface area (Å²) in [6.07, 6.45) is -17.3. The molecule has 1 amide bonds. The third-order valence-corrected chi connectivity index (χ3v) is 5.13. The second kappa shape index (κ2) is 9.97. The van der Waals surface area contributed by atoms with E-state index >= 15 is 0 Å². The summed E-state index contributed by atoms with van der Waals surface area (Å²) in [5.74, 6) is -5.73. The van der Waals surface area contributed by atoms with Crippen molar-refractivity contribution < 1.29 is 69.8 Å². The van der Waals surface area contributed by atoms with Gasteiger partial charge in [-0.1, -0.05) is 0 Å². The molecule has 10 N–H and O–H groups in total. The van der Waals surface area contributed by atoms with Gasteiger partial charge in [0, 0.05) is 6.92 Å². The van der Waals surface area contributed by atoms with Crippen LogP contribution in [0.25, 0.3) is 0 Å². The molecule has 11 atom stereocenters. The lowest BCUT2D eigenvalue weighted by Gasteiger charge is -2.47. The Hall–Kier alpha value is -1.50. The van der Waals surface area contributed by atoms with Crippen LogP contribution in [0.2, 0.25) is 0 Å². The lowest BCUT2D eigenvalue weighted by atomic mass is 9.90. The van der Waals surface area contributed by atoms with Gasteiger partial charge in [-0.3, -0.25) is 4.79 Å². The first-order valence-corrected chi connectivity index (χ1v) is 9.22. The molecule has 0 aromatic carbocycles. The minimum Gasteiger partial charge on any atom is -0.477 e. The smallest absolute Gasteiger partial charge is 0.367 e. The second-order valence-corrected chi connectivity index (χ2v) is 7.31. The van der Waals surface area contributed by atoms with Crippen LogP contribution < -0.4 is 5.32 Å². The van der Waals surface area contributed by atoms with Gasteiger partial charge < -0.3 is 65.5 Å². The number of carboxylic acid groups (broad SMARTS) is 1. The lowest BCUT2D eigenvalue weighted by Crippen LogP contribution is -2.71. The topological polar surface area (TPSA) is 256 Å². The highest BCUT2D eigenvalue weighted by atomic mass is 16.7. The van der Waals surface area contributed by atoms with E-state index in [0.717, 1.165) is 6.92 Å². The van der Waals surface area contributed by atoms with E-state index < -0.39 is 92.0 Å². The van der Waals surface area contributed by atoms with Gasteiger partial charge in [0.15, 0.2) is 6.29 Å². The molecule has 31 heavy (non-hydrogen) atoms. The fourth-order valence-corrected chi connectivity index (χ4v) is 3.40. The molecule has 2 heterocycles. The molecule has 2 fully saturated rings. The van der Waals surface area contributed by atoms with Crippen LogP contribution in [-0.2, 0) is 23.8 Å². The zero-order valence-corrected chi connectivity index (χ0v) is 16.3. The number of hydrogen-bond donors (Lipinski definition) is 10. The van der Waals surface area contributed by atoms with Gasteiger partial charge in [0.05, 0.1) is 13.2 Å². The van der Waals surface area contributed by atoms with Gasteiger partial charge in [0.1, 0.15) is 54.9 Å². The van der Waals surface area contributed by atoms with Crippen molar-refractivity contribution in [1.82, 2.24) is 5.32 Å². The summed E-state index contributed by atoms with van der Waals surface area (Å²) in [5.41, 5.74) is 0. The normalized spacial score (nSPS) is 44.5. The van der Waals surface area contributed by atoms with Crippen LogP contribution in [0.3, 0.4) is 0 Å². The van der Waals surface area contributed by atoms with Gasteiger partial charge >= 0.3 is 5.97 Å². The van der Waals surface area contributed by atoms with E-state index in [2.05, 4.69) is 5.32 Å². The molecular weight excluding hydrogens is 430 g/mol. The standard InChI is InChI=1S/C16H27NO14/c1-4(19)17-7-9(22)8(21)6(30-14(7)26)3-29-16(15(27)28)13(25)11(24)10(23)12(31-16)5(20)2-18/h5-14,18,20-26H,2-3H2,1H3,(H,17,19)(H,27,28)/t5-,6-,7-,8-,9-,10-,11+,12-,13+,14?,16+/m1/s1. The number of rotatable bonds is 7. The maximum absolute atomic E-state index is 11.9. The molecule has 0 spiro atoms. The van der Waals surface area contributed by atoms with Crippen LogP contribution in [0.1, 0.15) is 6.92 Å². The van der Waals surface area contributed by atoms with Crippen molar-refractivity contribution in [1.29, 1.82) is 0 Å². The number of carboxylic acids is 1. The van der Waals surface area contributed by atoms with Gasteiger partial charge in [-0.2, -0.15) is 0 Å². The zero-order chi connectivity index (χ0) is 23.7. The minimum atomic E-state index is -3.09. The Morgan fingerprint density at radius 2 is 1.68 bits per heavy atom. The highest BCUT2D eigenvalue weighted by Crippen LogP contribution is 2.34. The molecule has 0 radical (unpaired) electrons. The number of aliphatic hydroxyl groups is 8. The van der Waals surface area contributed by atoms with E-state index in [1.165, 1.54) is 0 Å². The highest BCUT2D eigenvalue weighted by Gasteiger charge is 2.61. The largest absolute Gasteiger partial charge is 0.477 e. The van der Waals surface area contributed by atoms with Gasteiger partial charge in [-0.25, -0.2) is 4.79 Å². The molecule has 0 aliphatic carbocycles. The molecule has 1 unspecified atom stereocenters. The Balaban J connectivity index is 2.21.